The number of carbonyl (C=O) groups excluding carboxylic acids is 1. The van der Waals surface area contributed by atoms with Gasteiger partial charge in [-0.05, 0) is 49.6 Å². The molecule has 0 bridgehead atoms. The molecule has 1 aliphatic rings. The minimum Gasteiger partial charge on any atom is -0.489 e. The van der Waals surface area contributed by atoms with E-state index in [-0.39, 0.29) is 24.5 Å². The number of aromatic nitrogens is 3. The zero-order chi connectivity index (χ0) is 20.1. The monoisotopic (exact) mass is 395 g/mol. The van der Waals surface area contributed by atoms with E-state index in [9.17, 15) is 9.18 Å². The largest absolute Gasteiger partial charge is 0.489 e. The number of likely N-dealkylation sites (tertiary alicyclic amines) is 1. The topological polar surface area (TPSA) is 83.1 Å². The van der Waals surface area contributed by atoms with Gasteiger partial charge < -0.3 is 15.0 Å². The van der Waals surface area contributed by atoms with Crippen molar-refractivity contribution in [3.8, 4) is 5.75 Å². The first-order valence-corrected chi connectivity index (χ1v) is 9.60. The van der Waals surface area contributed by atoms with E-state index in [1.54, 1.807) is 47.4 Å². The van der Waals surface area contributed by atoms with Crippen molar-refractivity contribution in [2.75, 3.05) is 11.9 Å². The summed E-state index contributed by atoms with van der Waals surface area (Å²) in [5.41, 5.74) is 1.16. The molecule has 2 amide bonds. The Hall–Kier alpha value is -3.42. The number of H-pyrrole nitrogens is 1. The van der Waals surface area contributed by atoms with Crippen LogP contribution in [0.4, 0.5) is 14.9 Å². The molecule has 4 rings (SSSR count). The summed E-state index contributed by atoms with van der Waals surface area (Å²) in [4.78, 5) is 18.8. The zero-order valence-corrected chi connectivity index (χ0v) is 15.8. The first-order valence-electron chi connectivity index (χ1n) is 9.60. The highest BCUT2D eigenvalue weighted by atomic mass is 19.1. The van der Waals surface area contributed by atoms with Gasteiger partial charge in [0.2, 0.25) is 0 Å². The highest BCUT2D eigenvalue weighted by Gasteiger charge is 2.29. The van der Waals surface area contributed by atoms with Crippen LogP contribution in [0, 0.1) is 5.82 Å². The van der Waals surface area contributed by atoms with Crippen LogP contribution < -0.4 is 10.1 Å². The molecule has 1 saturated heterocycles. The molecule has 1 aromatic heterocycles. The average molecular weight is 395 g/mol. The van der Waals surface area contributed by atoms with E-state index in [4.69, 9.17) is 4.74 Å². The SMILES string of the molecule is O=C(Nc1ccc(OCc2ccccc2F)cc1)N1CCCCC1c1ncn[nH]1. The maximum absolute atomic E-state index is 13.7. The summed E-state index contributed by atoms with van der Waals surface area (Å²) in [7, 11) is 0. The predicted molar refractivity (Wildman–Crippen MR) is 106 cm³/mol. The number of hydrogen-bond acceptors (Lipinski definition) is 4. The van der Waals surface area contributed by atoms with Crippen LogP contribution in [0.15, 0.2) is 54.9 Å². The Labute approximate surface area is 167 Å². The van der Waals surface area contributed by atoms with Crippen molar-refractivity contribution >= 4 is 11.7 Å². The molecule has 1 atom stereocenters. The normalized spacial score (nSPS) is 16.4. The van der Waals surface area contributed by atoms with Gasteiger partial charge in [-0.1, -0.05) is 18.2 Å². The van der Waals surface area contributed by atoms with Crippen molar-refractivity contribution in [2.24, 2.45) is 0 Å². The van der Waals surface area contributed by atoms with Crippen molar-refractivity contribution in [2.45, 2.75) is 31.9 Å². The van der Waals surface area contributed by atoms with E-state index in [0.29, 0.717) is 29.4 Å². The number of anilines is 1. The van der Waals surface area contributed by atoms with Crippen molar-refractivity contribution in [1.82, 2.24) is 20.1 Å². The van der Waals surface area contributed by atoms with Gasteiger partial charge in [0.25, 0.3) is 0 Å². The molecule has 150 valence electrons. The number of amides is 2. The standard InChI is InChI=1S/C21H22FN5O2/c22-18-6-2-1-5-15(18)13-29-17-10-8-16(9-11-17)25-21(28)27-12-4-3-7-19(27)20-23-14-24-26-20/h1-2,5-6,8-11,14,19H,3-4,7,12-13H2,(H,25,28)(H,23,24,26). The van der Waals surface area contributed by atoms with Crippen LogP contribution in [0.5, 0.6) is 5.75 Å². The van der Waals surface area contributed by atoms with Gasteiger partial charge in [-0.25, -0.2) is 14.2 Å². The molecule has 8 heteroatoms. The molecule has 0 spiro atoms. The maximum atomic E-state index is 13.7. The Balaban J connectivity index is 1.36. The third-order valence-corrected chi connectivity index (χ3v) is 4.97. The number of benzene rings is 2. The second-order valence-corrected chi connectivity index (χ2v) is 6.91. The van der Waals surface area contributed by atoms with Gasteiger partial charge in [0.1, 0.15) is 30.3 Å². The fourth-order valence-electron chi connectivity index (χ4n) is 3.44. The third kappa shape index (κ3) is 4.53. The maximum Gasteiger partial charge on any atom is 0.322 e. The molecule has 1 fully saturated rings. The number of nitrogens with one attached hydrogen (secondary N) is 2. The molecule has 0 saturated carbocycles. The number of halogens is 1. The lowest BCUT2D eigenvalue weighted by Gasteiger charge is -2.34. The molecule has 0 radical (unpaired) electrons. The van der Waals surface area contributed by atoms with Gasteiger partial charge in [0.05, 0.1) is 6.04 Å². The molecule has 29 heavy (non-hydrogen) atoms. The highest BCUT2D eigenvalue weighted by Crippen LogP contribution is 2.29. The Bertz CT molecular complexity index is 946. The number of ether oxygens (including phenoxy) is 1. The predicted octanol–water partition coefficient (Wildman–Crippen LogP) is 4.28. The lowest BCUT2D eigenvalue weighted by Crippen LogP contribution is -2.41. The van der Waals surface area contributed by atoms with Crippen molar-refractivity contribution in [3.63, 3.8) is 0 Å². The molecular weight excluding hydrogens is 373 g/mol. The van der Waals surface area contributed by atoms with E-state index in [0.717, 1.165) is 19.3 Å². The third-order valence-electron chi connectivity index (χ3n) is 4.97. The fraction of sp³-hybridized carbons (Fsp3) is 0.286. The second kappa shape index (κ2) is 8.72. The van der Waals surface area contributed by atoms with Gasteiger partial charge in [0.15, 0.2) is 0 Å². The average Bonchev–Trinajstić information content (AvgIpc) is 3.29. The van der Waals surface area contributed by atoms with Gasteiger partial charge >= 0.3 is 6.03 Å². The molecule has 2 N–H and O–H groups in total. The molecular formula is C21H22FN5O2. The lowest BCUT2D eigenvalue weighted by atomic mass is 10.0. The van der Waals surface area contributed by atoms with Crippen LogP contribution in [0.25, 0.3) is 0 Å². The summed E-state index contributed by atoms with van der Waals surface area (Å²) in [5, 5.41) is 9.69. The molecule has 2 heterocycles. The van der Waals surface area contributed by atoms with Crippen LogP contribution >= 0.6 is 0 Å². The zero-order valence-electron chi connectivity index (χ0n) is 15.8. The van der Waals surface area contributed by atoms with Gasteiger partial charge in [-0.3, -0.25) is 5.10 Å². The van der Waals surface area contributed by atoms with Crippen LogP contribution in [0.3, 0.4) is 0 Å². The van der Waals surface area contributed by atoms with Crippen LogP contribution in [-0.2, 0) is 6.61 Å². The Morgan fingerprint density at radius 2 is 2.03 bits per heavy atom. The lowest BCUT2D eigenvalue weighted by molar-refractivity contribution is 0.159. The van der Waals surface area contributed by atoms with E-state index >= 15 is 0 Å². The number of hydrogen-bond donors (Lipinski definition) is 2. The van der Waals surface area contributed by atoms with Gasteiger partial charge in [-0.2, -0.15) is 5.10 Å². The van der Waals surface area contributed by atoms with E-state index in [1.807, 2.05) is 0 Å². The first kappa shape index (κ1) is 18.9. The minimum absolute atomic E-state index is 0.102. The van der Waals surface area contributed by atoms with Gasteiger partial charge in [0, 0.05) is 17.8 Å². The molecule has 1 unspecified atom stereocenters. The van der Waals surface area contributed by atoms with E-state index < -0.39 is 0 Å². The van der Waals surface area contributed by atoms with Crippen molar-refractivity contribution in [1.29, 1.82) is 0 Å². The molecule has 7 nitrogen and oxygen atoms in total. The van der Waals surface area contributed by atoms with Crippen molar-refractivity contribution < 1.29 is 13.9 Å². The van der Waals surface area contributed by atoms with E-state index in [1.165, 1.54) is 12.4 Å². The summed E-state index contributed by atoms with van der Waals surface area (Å²) in [6.45, 7) is 0.812. The van der Waals surface area contributed by atoms with Crippen LogP contribution in [0.1, 0.15) is 36.7 Å². The molecule has 2 aromatic carbocycles. The highest BCUT2D eigenvalue weighted by molar-refractivity contribution is 5.89. The fourth-order valence-corrected chi connectivity index (χ4v) is 3.44. The summed E-state index contributed by atoms with van der Waals surface area (Å²) in [6.07, 6.45) is 4.32. The van der Waals surface area contributed by atoms with Crippen LogP contribution in [0.2, 0.25) is 0 Å². The first-order chi connectivity index (χ1) is 14.2. The smallest absolute Gasteiger partial charge is 0.322 e. The number of nitrogens with zero attached hydrogens (tertiary/aromatic N) is 3. The van der Waals surface area contributed by atoms with E-state index in [2.05, 4.69) is 20.5 Å². The number of piperidine rings is 1. The van der Waals surface area contributed by atoms with Gasteiger partial charge in [-0.15, -0.1) is 0 Å². The summed E-state index contributed by atoms with van der Waals surface area (Å²) >= 11 is 0. The Morgan fingerprint density at radius 3 is 2.79 bits per heavy atom. The second-order valence-electron chi connectivity index (χ2n) is 6.91. The number of carbonyl (C=O) groups is 1. The quantitative estimate of drug-likeness (QED) is 0.675. The Morgan fingerprint density at radius 1 is 1.21 bits per heavy atom. The van der Waals surface area contributed by atoms with Crippen molar-refractivity contribution in [3.05, 3.63) is 72.1 Å². The van der Waals surface area contributed by atoms with Crippen LogP contribution in [-0.4, -0.2) is 32.7 Å². The Kier molecular flexibility index (Phi) is 5.69. The number of urea groups is 1. The minimum atomic E-state index is -0.292. The number of aromatic amines is 1. The summed E-state index contributed by atoms with van der Waals surface area (Å²) in [6, 6.07) is 13.3. The summed E-state index contributed by atoms with van der Waals surface area (Å²) < 4.78 is 19.3. The number of rotatable bonds is 5. The molecule has 3 aromatic rings. The summed E-state index contributed by atoms with van der Waals surface area (Å²) in [5.74, 6) is 1.01. The molecule has 0 aliphatic carbocycles. The molecule has 1 aliphatic heterocycles.